The Labute approximate surface area is 177 Å². The van der Waals surface area contributed by atoms with Gasteiger partial charge in [0.15, 0.2) is 16.8 Å². The van der Waals surface area contributed by atoms with E-state index in [2.05, 4.69) is 22.3 Å². The van der Waals surface area contributed by atoms with Gasteiger partial charge < -0.3 is 0 Å². The quantitative estimate of drug-likeness (QED) is 0.309. The first-order chi connectivity index (χ1) is 14.3. The smallest absolute Gasteiger partial charge is 0.196 e. The monoisotopic (exact) mass is 417 g/mol. The predicted octanol–water partition coefficient (Wildman–Crippen LogP) is 5.46. The van der Waals surface area contributed by atoms with E-state index >= 15 is 0 Å². The lowest BCUT2D eigenvalue weighted by Crippen LogP contribution is -2.05. The first kappa shape index (κ1) is 18.3. The van der Waals surface area contributed by atoms with Crippen molar-refractivity contribution in [1.82, 2.24) is 14.8 Å². The molecular formula is C23H19N3OS2. The SMILES string of the molecule is O=C(CSc1nnc(-c2cccs2)n1-c1ccccc1)c1ccc2c(c1)CCC2. The Morgan fingerprint density at radius 3 is 2.69 bits per heavy atom. The molecule has 0 saturated heterocycles. The number of ketones is 1. The van der Waals surface area contributed by atoms with E-state index in [9.17, 15) is 4.79 Å². The third kappa shape index (κ3) is 3.66. The van der Waals surface area contributed by atoms with Crippen molar-refractivity contribution in [3.8, 4) is 16.4 Å². The van der Waals surface area contributed by atoms with Crippen molar-refractivity contribution in [2.45, 2.75) is 24.4 Å². The number of thioether (sulfide) groups is 1. The number of carbonyl (C=O) groups excluding carboxylic acids is 1. The molecule has 0 spiro atoms. The number of hydrogen-bond donors (Lipinski definition) is 0. The Kier molecular flexibility index (Phi) is 5.04. The predicted molar refractivity (Wildman–Crippen MR) is 118 cm³/mol. The molecule has 0 radical (unpaired) electrons. The second kappa shape index (κ2) is 7.97. The summed E-state index contributed by atoms with van der Waals surface area (Å²) < 4.78 is 2.03. The average Bonchev–Trinajstić information content (AvgIpc) is 3.52. The molecule has 0 N–H and O–H groups in total. The van der Waals surface area contributed by atoms with Crippen LogP contribution in [0.1, 0.15) is 27.9 Å². The molecule has 4 aromatic rings. The molecule has 144 valence electrons. The minimum Gasteiger partial charge on any atom is -0.293 e. The van der Waals surface area contributed by atoms with E-state index in [0.717, 1.165) is 40.0 Å². The Balaban J connectivity index is 1.42. The van der Waals surface area contributed by atoms with E-state index in [-0.39, 0.29) is 5.78 Å². The molecule has 2 aromatic carbocycles. The molecule has 6 heteroatoms. The summed E-state index contributed by atoms with van der Waals surface area (Å²) in [6.07, 6.45) is 3.40. The van der Waals surface area contributed by atoms with Gasteiger partial charge >= 0.3 is 0 Å². The maximum Gasteiger partial charge on any atom is 0.196 e. The first-order valence-corrected chi connectivity index (χ1v) is 11.5. The molecule has 0 saturated carbocycles. The van der Waals surface area contributed by atoms with Gasteiger partial charge in [-0.15, -0.1) is 21.5 Å². The van der Waals surface area contributed by atoms with E-state index in [4.69, 9.17) is 0 Å². The van der Waals surface area contributed by atoms with E-state index in [1.807, 2.05) is 58.5 Å². The van der Waals surface area contributed by atoms with Gasteiger partial charge in [-0.3, -0.25) is 9.36 Å². The summed E-state index contributed by atoms with van der Waals surface area (Å²) in [5.74, 6) is 1.28. The molecule has 0 amide bonds. The molecule has 1 aliphatic rings. The number of fused-ring (bicyclic) bond motifs is 1. The topological polar surface area (TPSA) is 47.8 Å². The Bertz CT molecular complexity index is 1150. The highest BCUT2D eigenvalue weighted by atomic mass is 32.2. The van der Waals surface area contributed by atoms with Gasteiger partial charge in [0, 0.05) is 11.3 Å². The van der Waals surface area contributed by atoms with Crippen LogP contribution < -0.4 is 0 Å². The molecule has 0 aliphatic heterocycles. The molecule has 2 heterocycles. The van der Waals surface area contributed by atoms with Crippen molar-refractivity contribution in [2.24, 2.45) is 0 Å². The molecule has 29 heavy (non-hydrogen) atoms. The number of thiophene rings is 1. The number of Topliss-reactive ketones (excluding diaryl/α,β-unsaturated/α-hetero) is 1. The van der Waals surface area contributed by atoms with Crippen LogP contribution in [-0.2, 0) is 12.8 Å². The maximum atomic E-state index is 12.8. The Hall–Kier alpha value is -2.70. The Morgan fingerprint density at radius 1 is 1.00 bits per heavy atom. The van der Waals surface area contributed by atoms with Crippen LogP contribution in [-0.4, -0.2) is 26.3 Å². The first-order valence-electron chi connectivity index (χ1n) is 9.62. The number of para-hydroxylation sites is 1. The zero-order valence-electron chi connectivity index (χ0n) is 15.7. The molecule has 0 bridgehead atoms. The van der Waals surface area contributed by atoms with Gasteiger partial charge in [-0.2, -0.15) is 0 Å². The fraction of sp³-hybridized carbons (Fsp3) is 0.174. The summed E-state index contributed by atoms with van der Waals surface area (Å²) >= 11 is 3.07. The molecule has 4 nitrogen and oxygen atoms in total. The van der Waals surface area contributed by atoms with Gasteiger partial charge in [0.2, 0.25) is 0 Å². The van der Waals surface area contributed by atoms with Gasteiger partial charge in [0.1, 0.15) is 0 Å². The molecule has 2 aromatic heterocycles. The molecule has 1 aliphatic carbocycles. The van der Waals surface area contributed by atoms with Crippen LogP contribution in [0.4, 0.5) is 0 Å². The van der Waals surface area contributed by atoms with Crippen molar-refractivity contribution in [2.75, 3.05) is 5.75 Å². The van der Waals surface area contributed by atoms with Crippen LogP contribution in [0.2, 0.25) is 0 Å². The lowest BCUT2D eigenvalue weighted by atomic mass is 10.0. The third-order valence-electron chi connectivity index (χ3n) is 5.14. The Morgan fingerprint density at radius 2 is 1.86 bits per heavy atom. The van der Waals surface area contributed by atoms with Crippen molar-refractivity contribution in [3.05, 3.63) is 82.7 Å². The van der Waals surface area contributed by atoms with Gasteiger partial charge in [0.25, 0.3) is 0 Å². The van der Waals surface area contributed by atoms with Crippen LogP contribution >= 0.6 is 23.1 Å². The molecule has 0 unspecified atom stereocenters. The van der Waals surface area contributed by atoms with Crippen molar-refractivity contribution >= 4 is 28.9 Å². The van der Waals surface area contributed by atoms with Crippen molar-refractivity contribution < 1.29 is 4.79 Å². The minimum absolute atomic E-state index is 0.130. The number of carbonyl (C=O) groups is 1. The average molecular weight is 418 g/mol. The molecular weight excluding hydrogens is 398 g/mol. The van der Waals surface area contributed by atoms with E-state index in [1.165, 1.54) is 29.3 Å². The molecule has 5 rings (SSSR count). The van der Waals surface area contributed by atoms with E-state index in [0.29, 0.717) is 5.75 Å². The maximum absolute atomic E-state index is 12.8. The van der Waals surface area contributed by atoms with Crippen LogP contribution in [0.15, 0.2) is 71.2 Å². The van der Waals surface area contributed by atoms with Gasteiger partial charge in [-0.1, -0.05) is 48.2 Å². The molecule has 0 fully saturated rings. The third-order valence-corrected chi connectivity index (χ3v) is 6.94. The second-order valence-corrected chi connectivity index (χ2v) is 8.89. The van der Waals surface area contributed by atoms with Crippen LogP contribution in [0.3, 0.4) is 0 Å². The molecule has 0 atom stereocenters. The lowest BCUT2D eigenvalue weighted by Gasteiger charge is -2.09. The zero-order valence-corrected chi connectivity index (χ0v) is 17.4. The van der Waals surface area contributed by atoms with E-state index < -0.39 is 0 Å². The number of aryl methyl sites for hydroxylation is 2. The zero-order chi connectivity index (χ0) is 19.6. The van der Waals surface area contributed by atoms with Crippen LogP contribution in [0.5, 0.6) is 0 Å². The normalized spacial score (nSPS) is 12.8. The summed E-state index contributed by atoms with van der Waals surface area (Å²) in [5.41, 5.74) is 4.50. The van der Waals surface area contributed by atoms with Crippen LogP contribution in [0.25, 0.3) is 16.4 Å². The number of rotatable bonds is 6. The number of benzene rings is 2. The summed E-state index contributed by atoms with van der Waals surface area (Å²) in [5, 5.41) is 11.6. The van der Waals surface area contributed by atoms with Crippen molar-refractivity contribution in [3.63, 3.8) is 0 Å². The number of hydrogen-bond acceptors (Lipinski definition) is 5. The highest BCUT2D eigenvalue weighted by Crippen LogP contribution is 2.31. The summed E-state index contributed by atoms with van der Waals surface area (Å²) in [4.78, 5) is 13.9. The fourth-order valence-corrected chi connectivity index (χ4v) is 5.24. The van der Waals surface area contributed by atoms with Gasteiger partial charge in [0.05, 0.1) is 10.6 Å². The van der Waals surface area contributed by atoms with Crippen LogP contribution in [0, 0.1) is 0 Å². The lowest BCUT2D eigenvalue weighted by molar-refractivity contribution is 0.102. The summed E-state index contributed by atoms with van der Waals surface area (Å²) in [6.45, 7) is 0. The van der Waals surface area contributed by atoms with Gasteiger partial charge in [-0.05, 0) is 60.0 Å². The second-order valence-electron chi connectivity index (χ2n) is 7.00. The largest absolute Gasteiger partial charge is 0.293 e. The summed E-state index contributed by atoms with van der Waals surface area (Å²) in [6, 6.07) is 20.3. The highest BCUT2D eigenvalue weighted by molar-refractivity contribution is 7.99. The summed E-state index contributed by atoms with van der Waals surface area (Å²) in [7, 11) is 0. The number of nitrogens with zero attached hydrogens (tertiary/aromatic N) is 3. The van der Waals surface area contributed by atoms with Gasteiger partial charge in [-0.25, -0.2) is 0 Å². The standard InChI is InChI=1S/C23H19N3OS2/c27-20(18-12-11-16-6-4-7-17(16)14-18)15-29-23-25-24-22(21-10-5-13-28-21)26(23)19-8-2-1-3-9-19/h1-3,5,8-14H,4,6-7,15H2. The number of aromatic nitrogens is 3. The van der Waals surface area contributed by atoms with E-state index in [1.54, 1.807) is 11.3 Å². The fourth-order valence-electron chi connectivity index (χ4n) is 3.70. The van der Waals surface area contributed by atoms with Crippen molar-refractivity contribution in [1.29, 1.82) is 0 Å². The highest BCUT2D eigenvalue weighted by Gasteiger charge is 2.19. The minimum atomic E-state index is 0.130.